The van der Waals surface area contributed by atoms with Crippen LogP contribution in [0.1, 0.15) is 26.2 Å². The number of nitro benzene ring substituents is 1. The van der Waals surface area contributed by atoms with Gasteiger partial charge in [-0.05, 0) is 31.4 Å². The van der Waals surface area contributed by atoms with Crippen molar-refractivity contribution in [3.8, 4) is 0 Å². The predicted molar refractivity (Wildman–Crippen MR) is 73.5 cm³/mol. The van der Waals surface area contributed by atoms with Gasteiger partial charge in [-0.25, -0.2) is 0 Å². The van der Waals surface area contributed by atoms with E-state index in [0.29, 0.717) is 11.4 Å². The van der Waals surface area contributed by atoms with Gasteiger partial charge in [0.15, 0.2) is 0 Å². The van der Waals surface area contributed by atoms with Crippen LogP contribution in [0.4, 0.5) is 17.1 Å². The first kappa shape index (κ1) is 13.3. The third-order valence-corrected chi connectivity index (χ3v) is 3.19. The summed E-state index contributed by atoms with van der Waals surface area (Å²) in [4.78, 5) is 23.8. The van der Waals surface area contributed by atoms with E-state index < -0.39 is 0 Å². The molecule has 0 atom stereocenters. The first-order valence-corrected chi connectivity index (χ1v) is 6.39. The second-order valence-electron chi connectivity index (χ2n) is 4.69. The van der Waals surface area contributed by atoms with Gasteiger partial charge in [0.2, 0.25) is 5.91 Å². The number of hydrogen-bond donors (Lipinski definition) is 1. The van der Waals surface area contributed by atoms with E-state index in [-0.39, 0.29) is 16.5 Å². The first-order chi connectivity index (χ1) is 9.08. The molecular weight excluding hydrogens is 246 g/mol. The Morgan fingerprint density at radius 3 is 2.58 bits per heavy atom. The largest absolute Gasteiger partial charge is 0.366 e. The molecule has 0 aromatic heterocycles. The minimum atomic E-state index is -0.374. The molecular formula is C13H17N3O3. The topological polar surface area (TPSA) is 75.5 Å². The quantitative estimate of drug-likeness (QED) is 0.671. The van der Waals surface area contributed by atoms with Crippen molar-refractivity contribution in [1.29, 1.82) is 0 Å². The number of benzene rings is 1. The molecule has 19 heavy (non-hydrogen) atoms. The molecule has 1 N–H and O–H groups in total. The lowest BCUT2D eigenvalue weighted by atomic mass is 10.1. The second kappa shape index (κ2) is 5.69. The second-order valence-corrected chi connectivity index (χ2v) is 4.69. The summed E-state index contributed by atoms with van der Waals surface area (Å²) >= 11 is 0. The molecule has 0 spiro atoms. The van der Waals surface area contributed by atoms with Crippen LogP contribution in [0.15, 0.2) is 18.2 Å². The van der Waals surface area contributed by atoms with Crippen LogP contribution in [0.2, 0.25) is 0 Å². The Hall–Kier alpha value is -2.11. The molecule has 1 heterocycles. The maximum atomic E-state index is 11.1. The molecule has 1 saturated heterocycles. The molecule has 1 amide bonds. The van der Waals surface area contributed by atoms with Crippen LogP contribution in [0.5, 0.6) is 0 Å². The number of nitro groups is 1. The highest BCUT2D eigenvalue weighted by molar-refractivity contribution is 5.90. The fourth-order valence-electron chi connectivity index (χ4n) is 2.35. The third-order valence-electron chi connectivity index (χ3n) is 3.19. The van der Waals surface area contributed by atoms with Crippen LogP contribution in [0.3, 0.4) is 0 Å². The number of nitrogens with zero attached hydrogens (tertiary/aromatic N) is 2. The Labute approximate surface area is 111 Å². The fourth-order valence-corrected chi connectivity index (χ4v) is 2.35. The van der Waals surface area contributed by atoms with Crippen LogP contribution >= 0.6 is 0 Å². The van der Waals surface area contributed by atoms with Crippen LogP contribution < -0.4 is 10.2 Å². The maximum Gasteiger partial charge on any atom is 0.292 e. The molecule has 0 radical (unpaired) electrons. The summed E-state index contributed by atoms with van der Waals surface area (Å²) in [6.45, 7) is 3.07. The van der Waals surface area contributed by atoms with Crippen molar-refractivity contribution >= 4 is 23.0 Å². The van der Waals surface area contributed by atoms with Gasteiger partial charge in [-0.3, -0.25) is 14.9 Å². The highest BCUT2D eigenvalue weighted by Crippen LogP contribution is 2.32. The van der Waals surface area contributed by atoms with Gasteiger partial charge in [-0.15, -0.1) is 0 Å². The number of anilines is 2. The highest BCUT2D eigenvalue weighted by Gasteiger charge is 2.21. The normalized spacial score (nSPS) is 15.1. The van der Waals surface area contributed by atoms with Gasteiger partial charge in [0.1, 0.15) is 5.69 Å². The lowest BCUT2D eigenvalue weighted by Crippen LogP contribution is -2.30. The van der Waals surface area contributed by atoms with E-state index in [1.807, 2.05) is 4.90 Å². The van der Waals surface area contributed by atoms with Crippen molar-refractivity contribution in [3.05, 3.63) is 28.3 Å². The fraction of sp³-hybridized carbons (Fsp3) is 0.462. The molecule has 0 bridgehead atoms. The third kappa shape index (κ3) is 3.21. The summed E-state index contributed by atoms with van der Waals surface area (Å²) in [7, 11) is 0. The molecule has 1 aromatic rings. The Kier molecular flexibility index (Phi) is 3.99. The van der Waals surface area contributed by atoms with Gasteiger partial charge in [-0.2, -0.15) is 0 Å². The molecule has 2 rings (SSSR count). The summed E-state index contributed by atoms with van der Waals surface area (Å²) in [5.74, 6) is -0.182. The first-order valence-electron chi connectivity index (χ1n) is 6.39. The molecule has 102 valence electrons. The van der Waals surface area contributed by atoms with Crippen LogP contribution in [-0.4, -0.2) is 23.9 Å². The minimum absolute atomic E-state index is 0.0935. The van der Waals surface area contributed by atoms with Gasteiger partial charge >= 0.3 is 0 Å². The highest BCUT2D eigenvalue weighted by atomic mass is 16.6. The zero-order valence-corrected chi connectivity index (χ0v) is 10.9. The molecule has 1 aromatic carbocycles. The van der Waals surface area contributed by atoms with E-state index in [1.165, 1.54) is 13.0 Å². The molecule has 6 nitrogen and oxygen atoms in total. The molecule has 0 saturated carbocycles. The molecule has 6 heteroatoms. The SMILES string of the molecule is CC(=O)Nc1ccc([N+](=O)[O-])c(N2CCCCC2)c1. The summed E-state index contributed by atoms with van der Waals surface area (Å²) < 4.78 is 0. The molecule has 0 unspecified atom stereocenters. The Bertz CT molecular complexity index is 496. The zero-order chi connectivity index (χ0) is 13.8. The van der Waals surface area contributed by atoms with Crippen LogP contribution in [-0.2, 0) is 4.79 Å². The Balaban J connectivity index is 2.34. The Morgan fingerprint density at radius 2 is 2.00 bits per heavy atom. The summed E-state index contributed by atoms with van der Waals surface area (Å²) in [5.41, 5.74) is 1.28. The molecule has 1 aliphatic rings. The van der Waals surface area contributed by atoms with E-state index in [2.05, 4.69) is 5.32 Å². The monoisotopic (exact) mass is 263 g/mol. The number of carbonyl (C=O) groups excluding carboxylic acids is 1. The van der Waals surface area contributed by atoms with Crippen molar-refractivity contribution in [2.75, 3.05) is 23.3 Å². The number of hydrogen-bond acceptors (Lipinski definition) is 4. The predicted octanol–water partition coefficient (Wildman–Crippen LogP) is 2.54. The smallest absolute Gasteiger partial charge is 0.292 e. The Morgan fingerprint density at radius 1 is 1.32 bits per heavy atom. The standard InChI is InChI=1S/C13H17N3O3/c1-10(17)14-11-5-6-12(16(18)19)13(9-11)15-7-3-2-4-8-15/h5-6,9H,2-4,7-8H2,1H3,(H,14,17). The maximum absolute atomic E-state index is 11.1. The molecule has 0 aliphatic carbocycles. The number of amides is 1. The molecule has 1 fully saturated rings. The van der Waals surface area contributed by atoms with Crippen molar-refractivity contribution in [1.82, 2.24) is 0 Å². The summed E-state index contributed by atoms with van der Waals surface area (Å²) in [5, 5.41) is 13.8. The lowest BCUT2D eigenvalue weighted by Gasteiger charge is -2.28. The van der Waals surface area contributed by atoms with E-state index in [4.69, 9.17) is 0 Å². The number of piperidine rings is 1. The summed E-state index contributed by atoms with van der Waals surface area (Å²) in [6.07, 6.45) is 3.25. The summed E-state index contributed by atoms with van der Waals surface area (Å²) in [6, 6.07) is 4.70. The van der Waals surface area contributed by atoms with Gasteiger partial charge in [0.05, 0.1) is 4.92 Å². The van der Waals surface area contributed by atoms with Crippen molar-refractivity contribution in [2.24, 2.45) is 0 Å². The van der Waals surface area contributed by atoms with E-state index in [0.717, 1.165) is 32.4 Å². The average Bonchev–Trinajstić information content (AvgIpc) is 2.38. The lowest BCUT2D eigenvalue weighted by molar-refractivity contribution is -0.384. The van der Waals surface area contributed by atoms with Gasteiger partial charge in [0.25, 0.3) is 5.69 Å². The van der Waals surface area contributed by atoms with Crippen molar-refractivity contribution < 1.29 is 9.72 Å². The minimum Gasteiger partial charge on any atom is -0.366 e. The van der Waals surface area contributed by atoms with E-state index in [1.54, 1.807) is 12.1 Å². The van der Waals surface area contributed by atoms with Gasteiger partial charge in [0, 0.05) is 31.8 Å². The van der Waals surface area contributed by atoms with Crippen LogP contribution in [0, 0.1) is 10.1 Å². The average molecular weight is 263 g/mol. The van der Waals surface area contributed by atoms with Crippen molar-refractivity contribution in [3.63, 3.8) is 0 Å². The van der Waals surface area contributed by atoms with E-state index >= 15 is 0 Å². The van der Waals surface area contributed by atoms with Gasteiger partial charge in [-0.1, -0.05) is 0 Å². The van der Waals surface area contributed by atoms with Gasteiger partial charge < -0.3 is 10.2 Å². The van der Waals surface area contributed by atoms with E-state index in [9.17, 15) is 14.9 Å². The molecule has 1 aliphatic heterocycles. The van der Waals surface area contributed by atoms with Crippen molar-refractivity contribution in [2.45, 2.75) is 26.2 Å². The zero-order valence-electron chi connectivity index (χ0n) is 10.9. The van der Waals surface area contributed by atoms with Crippen LogP contribution in [0.25, 0.3) is 0 Å². The number of rotatable bonds is 3. The number of carbonyl (C=O) groups is 1. The number of nitrogens with one attached hydrogen (secondary N) is 1.